The van der Waals surface area contributed by atoms with Crippen molar-refractivity contribution in [2.24, 2.45) is 0 Å². The fraction of sp³-hybridized carbons (Fsp3) is 0.250. The first-order valence-electron chi connectivity index (χ1n) is 3.42. The summed E-state index contributed by atoms with van der Waals surface area (Å²) in [6.45, 7) is 10.5. The van der Waals surface area contributed by atoms with Crippen LogP contribution in [-0.4, -0.2) is 4.92 Å². The summed E-state index contributed by atoms with van der Waals surface area (Å²) in [5, 5.41) is 10.1. The van der Waals surface area contributed by atoms with E-state index in [2.05, 4.69) is 13.2 Å². The predicted octanol–water partition coefficient (Wildman–Crippen LogP) is 3.11. The molecular weight excluding hydrogens is 178 g/mol. The third-order valence-electron chi connectivity index (χ3n) is 0.814. The molecule has 0 atom stereocenters. The Labute approximate surface area is 77.2 Å². The molecule has 3 nitrogen and oxygen atoms in total. The van der Waals surface area contributed by atoms with Crippen molar-refractivity contribution < 1.29 is 4.92 Å². The number of halogens is 1. The highest BCUT2D eigenvalue weighted by molar-refractivity contribution is 6.31. The lowest BCUT2D eigenvalue weighted by atomic mass is 10.4. The number of nitro groups is 1. The number of hydrogen-bond acceptors (Lipinski definition) is 2. The summed E-state index contributed by atoms with van der Waals surface area (Å²) in [7, 11) is 0. The van der Waals surface area contributed by atoms with Gasteiger partial charge in [-0.3, -0.25) is 10.1 Å². The molecule has 0 bridgehead atoms. The Morgan fingerprint density at radius 1 is 1.42 bits per heavy atom. The molecular formula is C8H12ClNO2. The molecule has 0 amide bonds. The van der Waals surface area contributed by atoms with Gasteiger partial charge in [0.2, 0.25) is 0 Å². The molecule has 0 aromatic rings. The van der Waals surface area contributed by atoms with Gasteiger partial charge in [-0.1, -0.05) is 38.6 Å². The van der Waals surface area contributed by atoms with Crippen molar-refractivity contribution in [2.45, 2.75) is 13.8 Å². The summed E-state index contributed by atoms with van der Waals surface area (Å²) < 4.78 is 0. The van der Waals surface area contributed by atoms with Crippen LogP contribution >= 0.6 is 11.6 Å². The van der Waals surface area contributed by atoms with Crippen molar-refractivity contribution >= 4 is 11.6 Å². The Kier molecular flexibility index (Phi) is 9.01. The quantitative estimate of drug-likeness (QED) is 0.389. The number of rotatable bonds is 3. The number of allylic oxidation sites excluding steroid dienone is 3. The highest BCUT2D eigenvalue weighted by atomic mass is 35.5. The van der Waals surface area contributed by atoms with Crippen molar-refractivity contribution in [3.05, 3.63) is 46.2 Å². The largest absolute Gasteiger partial charge is 0.287 e. The highest BCUT2D eigenvalue weighted by Gasteiger charge is 2.08. The zero-order valence-corrected chi connectivity index (χ0v) is 7.97. The monoisotopic (exact) mass is 189 g/mol. The second kappa shape index (κ2) is 8.01. The first kappa shape index (κ1) is 13.5. The topological polar surface area (TPSA) is 43.1 Å². The van der Waals surface area contributed by atoms with Crippen molar-refractivity contribution in [1.82, 2.24) is 0 Å². The van der Waals surface area contributed by atoms with E-state index in [0.29, 0.717) is 0 Å². The van der Waals surface area contributed by atoms with E-state index in [1.165, 1.54) is 6.08 Å². The molecule has 0 rings (SSSR count). The van der Waals surface area contributed by atoms with Gasteiger partial charge in [0.15, 0.2) is 0 Å². The Hall–Kier alpha value is -1.09. The maximum atomic E-state index is 10.1. The summed E-state index contributed by atoms with van der Waals surface area (Å²) in [6, 6.07) is 0. The Balaban J connectivity index is 0. The van der Waals surface area contributed by atoms with E-state index in [1.54, 1.807) is 0 Å². The second-order valence-corrected chi connectivity index (χ2v) is 1.81. The first-order chi connectivity index (χ1) is 5.63. The first-order valence-corrected chi connectivity index (χ1v) is 3.80. The van der Waals surface area contributed by atoms with E-state index in [-0.39, 0.29) is 10.7 Å². The van der Waals surface area contributed by atoms with Gasteiger partial charge in [-0.2, -0.15) is 0 Å². The Morgan fingerprint density at radius 3 is 1.92 bits per heavy atom. The van der Waals surface area contributed by atoms with Crippen LogP contribution in [0.2, 0.25) is 0 Å². The predicted molar refractivity (Wildman–Crippen MR) is 51.6 cm³/mol. The van der Waals surface area contributed by atoms with Crippen LogP contribution in [0, 0.1) is 10.1 Å². The molecule has 68 valence electrons. The van der Waals surface area contributed by atoms with Crippen molar-refractivity contribution in [3.8, 4) is 0 Å². The van der Waals surface area contributed by atoms with E-state index < -0.39 is 4.92 Å². The normalized spacial score (nSPS) is 10.2. The fourth-order valence-corrected chi connectivity index (χ4v) is 0.510. The Morgan fingerprint density at radius 2 is 1.83 bits per heavy atom. The van der Waals surface area contributed by atoms with Gasteiger partial charge in [-0.05, 0) is 6.08 Å². The summed E-state index contributed by atoms with van der Waals surface area (Å²) in [5.41, 5.74) is -0.225. The molecule has 0 radical (unpaired) electrons. The van der Waals surface area contributed by atoms with Crippen molar-refractivity contribution in [1.29, 1.82) is 0 Å². The summed E-state index contributed by atoms with van der Waals surface area (Å²) in [4.78, 5) is 9.46. The SMILES string of the molecule is C=C/C(Cl)=C(\C=C)[N+](=O)[O-].CC. The Bertz CT molecular complexity index is 209. The molecule has 0 spiro atoms. The molecule has 0 aliphatic heterocycles. The lowest BCUT2D eigenvalue weighted by Gasteiger charge is -1.89. The van der Waals surface area contributed by atoms with Crippen LogP contribution in [0.1, 0.15) is 13.8 Å². The van der Waals surface area contributed by atoms with Crippen molar-refractivity contribution in [3.63, 3.8) is 0 Å². The zero-order valence-electron chi connectivity index (χ0n) is 7.21. The molecule has 0 saturated carbocycles. The van der Waals surface area contributed by atoms with Gasteiger partial charge in [0.25, 0.3) is 5.70 Å². The van der Waals surface area contributed by atoms with Crippen LogP contribution in [0.3, 0.4) is 0 Å². The molecule has 0 aliphatic carbocycles. The highest BCUT2D eigenvalue weighted by Crippen LogP contribution is 2.11. The van der Waals surface area contributed by atoms with Gasteiger partial charge in [0.05, 0.1) is 4.92 Å². The van der Waals surface area contributed by atoms with Gasteiger partial charge < -0.3 is 0 Å². The molecule has 12 heavy (non-hydrogen) atoms. The fourth-order valence-electron chi connectivity index (χ4n) is 0.364. The van der Waals surface area contributed by atoms with Crippen LogP contribution in [0.25, 0.3) is 0 Å². The maximum absolute atomic E-state index is 10.1. The van der Waals surface area contributed by atoms with Crippen LogP contribution in [0.5, 0.6) is 0 Å². The van der Waals surface area contributed by atoms with Crippen LogP contribution in [0.4, 0.5) is 0 Å². The van der Waals surface area contributed by atoms with Gasteiger partial charge in [0, 0.05) is 6.08 Å². The molecule has 0 heterocycles. The van der Waals surface area contributed by atoms with E-state index >= 15 is 0 Å². The average Bonchev–Trinajstić information content (AvgIpc) is 2.08. The second-order valence-electron chi connectivity index (χ2n) is 1.40. The molecule has 0 aromatic heterocycles. The molecule has 0 N–H and O–H groups in total. The van der Waals surface area contributed by atoms with Gasteiger partial charge in [-0.25, -0.2) is 0 Å². The zero-order chi connectivity index (χ0) is 10.1. The molecule has 0 unspecified atom stereocenters. The van der Waals surface area contributed by atoms with Crippen LogP contribution in [0.15, 0.2) is 36.0 Å². The summed E-state index contributed by atoms with van der Waals surface area (Å²) in [6.07, 6.45) is 2.27. The van der Waals surface area contributed by atoms with E-state index in [4.69, 9.17) is 11.6 Å². The minimum atomic E-state index is -0.614. The summed E-state index contributed by atoms with van der Waals surface area (Å²) in [5.74, 6) is 0. The van der Waals surface area contributed by atoms with Crippen LogP contribution < -0.4 is 0 Å². The molecule has 4 heteroatoms. The van der Waals surface area contributed by atoms with Crippen molar-refractivity contribution in [2.75, 3.05) is 0 Å². The van der Waals surface area contributed by atoms with E-state index in [1.807, 2.05) is 13.8 Å². The molecule has 0 saturated heterocycles. The van der Waals surface area contributed by atoms with Gasteiger partial charge in [0.1, 0.15) is 5.03 Å². The summed E-state index contributed by atoms with van der Waals surface area (Å²) >= 11 is 5.38. The molecule has 0 aromatic carbocycles. The van der Waals surface area contributed by atoms with Gasteiger partial charge >= 0.3 is 0 Å². The minimum absolute atomic E-state index is 0.000000000000000444. The number of nitrogens with zero attached hydrogens (tertiary/aromatic N) is 1. The third-order valence-corrected chi connectivity index (χ3v) is 1.16. The van der Waals surface area contributed by atoms with E-state index in [0.717, 1.165) is 6.08 Å². The van der Waals surface area contributed by atoms with E-state index in [9.17, 15) is 10.1 Å². The third kappa shape index (κ3) is 4.68. The average molecular weight is 190 g/mol. The number of hydrogen-bond donors (Lipinski definition) is 0. The smallest absolute Gasteiger partial charge is 0.258 e. The van der Waals surface area contributed by atoms with Crippen LogP contribution in [-0.2, 0) is 0 Å². The lowest BCUT2D eigenvalue weighted by molar-refractivity contribution is -0.419. The van der Waals surface area contributed by atoms with Gasteiger partial charge in [-0.15, -0.1) is 0 Å². The minimum Gasteiger partial charge on any atom is -0.258 e. The lowest BCUT2D eigenvalue weighted by Crippen LogP contribution is -1.95. The standard InChI is InChI=1S/C6H6ClNO2.C2H6/c1-3-5(7)6(4-2)8(9)10;1-2/h3-4H,1-2H2;1-2H3/b6-5-;. The maximum Gasteiger partial charge on any atom is 0.287 e. The molecule has 0 aliphatic rings. The molecule has 0 fully saturated rings.